The molecule has 2 unspecified atom stereocenters. The maximum Gasteiger partial charge on any atom is 0.124 e. The van der Waals surface area contributed by atoms with Crippen LogP contribution in [0.1, 0.15) is 24.4 Å². The Balaban J connectivity index is 1.80. The number of nitrogens with one attached hydrogen (secondary N) is 1. The first-order chi connectivity index (χ1) is 9.65. The lowest BCUT2D eigenvalue weighted by molar-refractivity contribution is -0.0615. The van der Waals surface area contributed by atoms with Crippen molar-refractivity contribution in [1.29, 1.82) is 0 Å². The molecule has 0 aromatic heterocycles. The van der Waals surface area contributed by atoms with Gasteiger partial charge in [-0.3, -0.25) is 4.90 Å². The van der Waals surface area contributed by atoms with Gasteiger partial charge in [-0.1, -0.05) is 17.7 Å². The minimum atomic E-state index is -0.300. The van der Waals surface area contributed by atoms with Crippen molar-refractivity contribution in [2.45, 2.75) is 31.0 Å². The summed E-state index contributed by atoms with van der Waals surface area (Å²) in [5, 5.41) is 3.98. The van der Waals surface area contributed by atoms with E-state index in [0.717, 1.165) is 25.3 Å². The van der Waals surface area contributed by atoms with Crippen molar-refractivity contribution in [1.82, 2.24) is 10.2 Å². The van der Waals surface area contributed by atoms with Crippen LogP contribution in [0.15, 0.2) is 18.2 Å². The fraction of sp³-hybridized carbons (Fsp3) is 0.600. The molecule has 3 rings (SSSR count). The van der Waals surface area contributed by atoms with Crippen LogP contribution in [0.25, 0.3) is 0 Å². The number of likely N-dealkylation sites (N-methyl/N-ethyl adjacent to an activating group) is 1. The summed E-state index contributed by atoms with van der Waals surface area (Å²) in [5.41, 5.74) is 0.942. The zero-order valence-corrected chi connectivity index (χ0v) is 12.4. The van der Waals surface area contributed by atoms with E-state index in [1.165, 1.54) is 25.0 Å². The maximum absolute atomic E-state index is 13.2. The smallest absolute Gasteiger partial charge is 0.124 e. The standard InChI is InChI=1S/C15H20ClFN2O/c1-19-6-7-20-14(9-18-11-3-4-11)15(19)12-5-2-10(17)8-13(12)16/h2,5,8,11,14-15,18H,3-4,6-7,9H2,1H3. The second-order valence-electron chi connectivity index (χ2n) is 5.68. The van der Waals surface area contributed by atoms with Crippen molar-refractivity contribution >= 4 is 11.6 Å². The average Bonchev–Trinajstić information content (AvgIpc) is 3.22. The first kappa shape index (κ1) is 14.3. The summed E-state index contributed by atoms with van der Waals surface area (Å²) in [6.45, 7) is 2.40. The van der Waals surface area contributed by atoms with Gasteiger partial charge in [-0.15, -0.1) is 0 Å². The lowest BCUT2D eigenvalue weighted by Crippen LogP contribution is -2.47. The second-order valence-corrected chi connectivity index (χ2v) is 6.09. The Morgan fingerprint density at radius 3 is 2.95 bits per heavy atom. The lowest BCUT2D eigenvalue weighted by Gasteiger charge is -2.40. The molecule has 5 heteroatoms. The van der Waals surface area contributed by atoms with Gasteiger partial charge in [0.05, 0.1) is 18.8 Å². The van der Waals surface area contributed by atoms with E-state index in [-0.39, 0.29) is 18.0 Å². The van der Waals surface area contributed by atoms with E-state index in [9.17, 15) is 4.39 Å². The number of benzene rings is 1. The van der Waals surface area contributed by atoms with Gasteiger partial charge in [-0.05, 0) is 37.6 Å². The quantitative estimate of drug-likeness (QED) is 0.925. The number of halogens is 2. The molecule has 3 nitrogen and oxygen atoms in total. The summed E-state index contributed by atoms with van der Waals surface area (Å²) in [6.07, 6.45) is 2.56. The molecular weight excluding hydrogens is 279 g/mol. The van der Waals surface area contributed by atoms with Gasteiger partial charge in [-0.2, -0.15) is 0 Å². The molecular formula is C15H20ClFN2O. The van der Waals surface area contributed by atoms with Crippen LogP contribution in [0.3, 0.4) is 0 Å². The molecule has 2 fully saturated rings. The van der Waals surface area contributed by atoms with Gasteiger partial charge in [0, 0.05) is 24.2 Å². The van der Waals surface area contributed by atoms with Gasteiger partial charge in [-0.25, -0.2) is 4.39 Å². The van der Waals surface area contributed by atoms with Crippen LogP contribution in [0.4, 0.5) is 4.39 Å². The van der Waals surface area contributed by atoms with Crippen LogP contribution in [0.5, 0.6) is 0 Å². The van der Waals surface area contributed by atoms with Gasteiger partial charge in [0.2, 0.25) is 0 Å². The molecule has 1 aliphatic heterocycles. The second kappa shape index (κ2) is 5.98. The predicted octanol–water partition coefficient (Wildman–Crippen LogP) is 2.60. The number of rotatable bonds is 4. The molecule has 1 saturated heterocycles. The number of hydrogen-bond donors (Lipinski definition) is 1. The first-order valence-corrected chi connectivity index (χ1v) is 7.53. The molecule has 1 N–H and O–H groups in total. The largest absolute Gasteiger partial charge is 0.374 e. The molecule has 20 heavy (non-hydrogen) atoms. The van der Waals surface area contributed by atoms with Crippen molar-refractivity contribution in [2.24, 2.45) is 0 Å². The van der Waals surface area contributed by atoms with Crippen LogP contribution >= 0.6 is 11.6 Å². The highest BCUT2D eigenvalue weighted by molar-refractivity contribution is 6.31. The minimum absolute atomic E-state index is 0.0531. The summed E-state index contributed by atoms with van der Waals surface area (Å²) in [7, 11) is 2.07. The van der Waals surface area contributed by atoms with Crippen LogP contribution in [-0.4, -0.2) is 43.8 Å². The van der Waals surface area contributed by atoms with Crippen molar-refractivity contribution in [3.05, 3.63) is 34.6 Å². The molecule has 0 bridgehead atoms. The zero-order chi connectivity index (χ0) is 14.1. The topological polar surface area (TPSA) is 24.5 Å². The molecule has 1 aliphatic carbocycles. The van der Waals surface area contributed by atoms with Crippen LogP contribution in [0.2, 0.25) is 5.02 Å². The summed E-state index contributed by atoms with van der Waals surface area (Å²) >= 11 is 6.23. The molecule has 2 atom stereocenters. The van der Waals surface area contributed by atoms with Crippen molar-refractivity contribution in [3.63, 3.8) is 0 Å². The van der Waals surface area contributed by atoms with Crippen LogP contribution in [-0.2, 0) is 4.74 Å². The first-order valence-electron chi connectivity index (χ1n) is 7.15. The molecule has 110 valence electrons. The summed E-state index contributed by atoms with van der Waals surface area (Å²) < 4.78 is 19.2. The van der Waals surface area contributed by atoms with Crippen molar-refractivity contribution in [2.75, 3.05) is 26.7 Å². The third kappa shape index (κ3) is 3.14. The van der Waals surface area contributed by atoms with Gasteiger partial charge in [0.15, 0.2) is 0 Å². The Labute approximate surface area is 124 Å². The molecule has 1 saturated carbocycles. The highest BCUT2D eigenvalue weighted by Gasteiger charge is 2.34. The Bertz CT molecular complexity index is 481. The third-order valence-electron chi connectivity index (χ3n) is 4.07. The molecule has 1 heterocycles. The van der Waals surface area contributed by atoms with Gasteiger partial charge >= 0.3 is 0 Å². The van der Waals surface area contributed by atoms with Crippen LogP contribution in [0, 0.1) is 5.82 Å². The highest BCUT2D eigenvalue weighted by atomic mass is 35.5. The maximum atomic E-state index is 13.2. The number of morpholine rings is 1. The molecule has 1 aromatic rings. The van der Waals surface area contributed by atoms with E-state index >= 15 is 0 Å². The summed E-state index contributed by atoms with van der Waals surface area (Å²) in [4.78, 5) is 2.24. The predicted molar refractivity (Wildman–Crippen MR) is 77.5 cm³/mol. The SMILES string of the molecule is CN1CCOC(CNC2CC2)C1c1ccc(F)cc1Cl. The molecule has 1 aromatic carbocycles. The van der Waals surface area contributed by atoms with E-state index in [0.29, 0.717) is 11.1 Å². The molecule has 0 radical (unpaired) electrons. The van der Waals surface area contributed by atoms with E-state index in [1.807, 2.05) is 0 Å². The Morgan fingerprint density at radius 1 is 1.45 bits per heavy atom. The molecule has 2 aliphatic rings. The lowest BCUT2D eigenvalue weighted by atomic mass is 9.98. The van der Waals surface area contributed by atoms with E-state index in [1.54, 1.807) is 6.07 Å². The van der Waals surface area contributed by atoms with Crippen molar-refractivity contribution in [3.8, 4) is 0 Å². The number of nitrogens with zero attached hydrogens (tertiary/aromatic N) is 1. The fourth-order valence-electron chi connectivity index (χ4n) is 2.78. The normalized spacial score (nSPS) is 27.8. The van der Waals surface area contributed by atoms with Gasteiger partial charge in [0.1, 0.15) is 5.82 Å². The van der Waals surface area contributed by atoms with E-state index in [4.69, 9.17) is 16.3 Å². The monoisotopic (exact) mass is 298 g/mol. The highest BCUT2D eigenvalue weighted by Crippen LogP contribution is 2.33. The summed E-state index contributed by atoms with van der Waals surface area (Å²) in [5.74, 6) is -0.300. The van der Waals surface area contributed by atoms with Gasteiger partial charge in [0.25, 0.3) is 0 Å². The number of hydrogen-bond acceptors (Lipinski definition) is 3. The van der Waals surface area contributed by atoms with Crippen LogP contribution < -0.4 is 5.32 Å². The van der Waals surface area contributed by atoms with Crippen molar-refractivity contribution < 1.29 is 9.13 Å². The minimum Gasteiger partial charge on any atom is -0.374 e. The van der Waals surface area contributed by atoms with E-state index in [2.05, 4.69) is 17.3 Å². The number of ether oxygens (including phenoxy) is 1. The van der Waals surface area contributed by atoms with E-state index < -0.39 is 0 Å². The molecule has 0 amide bonds. The fourth-order valence-corrected chi connectivity index (χ4v) is 3.06. The average molecular weight is 299 g/mol. The Kier molecular flexibility index (Phi) is 4.26. The molecule has 0 spiro atoms. The summed E-state index contributed by atoms with van der Waals surface area (Å²) in [6, 6.07) is 5.34. The Morgan fingerprint density at radius 2 is 2.25 bits per heavy atom. The third-order valence-corrected chi connectivity index (χ3v) is 4.40. The Hall–Kier alpha value is -0.680. The zero-order valence-electron chi connectivity index (χ0n) is 11.6. The van der Waals surface area contributed by atoms with Gasteiger partial charge < -0.3 is 10.1 Å².